The van der Waals surface area contributed by atoms with Crippen molar-refractivity contribution in [3.05, 3.63) is 68.6 Å². The molecule has 0 fully saturated rings. The molecule has 0 unspecified atom stereocenters. The number of hydrogen-bond acceptors (Lipinski definition) is 6. The van der Waals surface area contributed by atoms with Crippen molar-refractivity contribution < 1.29 is 22.7 Å². The van der Waals surface area contributed by atoms with Crippen molar-refractivity contribution in [3.8, 4) is 23.0 Å². The molecule has 0 saturated heterocycles. The Morgan fingerprint density at radius 2 is 1.74 bits per heavy atom. The van der Waals surface area contributed by atoms with E-state index in [1.54, 1.807) is 32.9 Å². The number of nitrogens with zero attached hydrogens (tertiary/aromatic N) is 5. The van der Waals surface area contributed by atoms with Crippen LogP contribution in [-0.2, 0) is 17.6 Å². The molecule has 13 heteroatoms. The van der Waals surface area contributed by atoms with Crippen LogP contribution >= 0.6 is 0 Å². The summed E-state index contributed by atoms with van der Waals surface area (Å²) < 4.78 is 48.5. The van der Waals surface area contributed by atoms with Crippen LogP contribution in [0.25, 0.3) is 16.9 Å². The van der Waals surface area contributed by atoms with Crippen LogP contribution in [0.15, 0.2) is 46.1 Å². The van der Waals surface area contributed by atoms with Gasteiger partial charge in [0, 0.05) is 17.8 Å². The third-order valence-electron chi connectivity index (χ3n) is 5.71. The molecule has 0 atom stereocenters. The summed E-state index contributed by atoms with van der Waals surface area (Å²) in [4.78, 5) is 38.0. The first-order valence-corrected chi connectivity index (χ1v) is 12.2. The van der Waals surface area contributed by atoms with Crippen molar-refractivity contribution in [2.24, 2.45) is 0 Å². The van der Waals surface area contributed by atoms with Gasteiger partial charge in [0.1, 0.15) is 0 Å². The monoisotopic (exact) mass is 546 g/mol. The lowest BCUT2D eigenvalue weighted by molar-refractivity contribution is -0.208. The van der Waals surface area contributed by atoms with Gasteiger partial charge in [0.15, 0.2) is 0 Å². The molecule has 0 saturated carbocycles. The van der Waals surface area contributed by atoms with Crippen LogP contribution in [0.3, 0.4) is 0 Å². The number of amides is 1. The minimum atomic E-state index is -5.07. The molecule has 1 aromatic carbocycles. The van der Waals surface area contributed by atoms with Crippen LogP contribution in [0.2, 0.25) is 0 Å². The first kappa shape index (κ1) is 29.2. The smallest absolute Gasteiger partial charge is 0.450 e. The first-order valence-electron chi connectivity index (χ1n) is 12.2. The Labute approximate surface area is 222 Å². The zero-order valence-corrected chi connectivity index (χ0v) is 22.0. The Morgan fingerprint density at radius 1 is 1.08 bits per heavy atom. The van der Waals surface area contributed by atoms with Crippen LogP contribution in [-0.4, -0.2) is 37.2 Å². The van der Waals surface area contributed by atoms with Gasteiger partial charge in [0.2, 0.25) is 0 Å². The largest absolute Gasteiger partial charge is 0.492 e. The highest BCUT2D eigenvalue weighted by atomic mass is 19.4. The van der Waals surface area contributed by atoms with Gasteiger partial charge in [-0.25, -0.2) is 18.8 Å². The van der Waals surface area contributed by atoms with Crippen molar-refractivity contribution in [2.75, 3.05) is 6.61 Å². The SMILES string of the molecule is Cc1c(-c2ccnn2-c2ccc(C#N)cc2)c(=O)n(CCCCCOC(=O)NC(C)(C)C)c(=O)n1C(F)(F)F. The molecular weight excluding hydrogens is 517 g/mol. The molecule has 1 amide bonds. The van der Waals surface area contributed by atoms with Crippen molar-refractivity contribution in [1.82, 2.24) is 24.2 Å². The number of rotatable bonds is 8. The van der Waals surface area contributed by atoms with E-state index >= 15 is 0 Å². The number of halogens is 3. The van der Waals surface area contributed by atoms with Gasteiger partial charge in [0.05, 0.1) is 41.4 Å². The van der Waals surface area contributed by atoms with Crippen LogP contribution < -0.4 is 16.6 Å². The molecule has 10 nitrogen and oxygen atoms in total. The molecule has 0 spiro atoms. The maximum Gasteiger partial charge on any atom is 0.492 e. The van der Waals surface area contributed by atoms with E-state index in [9.17, 15) is 27.6 Å². The van der Waals surface area contributed by atoms with Crippen LogP contribution in [0.1, 0.15) is 51.3 Å². The topological polar surface area (TPSA) is 124 Å². The minimum absolute atomic E-state index is 0.0622. The number of aromatic nitrogens is 4. The molecular formula is C26H29F3N6O4. The standard InChI is InChI=1S/C26H29F3N6O4/c1-17-21(20-12-13-31-35(20)19-10-8-18(16-30)9-11-19)22(36)33(24(38)34(17)26(27,28)29)14-6-5-7-15-39-23(37)32-25(2,3)4/h8-13H,5-7,14-15H2,1-4H3,(H,32,37). The average Bonchev–Trinajstić information content (AvgIpc) is 3.30. The summed E-state index contributed by atoms with van der Waals surface area (Å²) in [6, 6.07) is 9.48. The molecule has 0 bridgehead atoms. The molecule has 2 heterocycles. The molecule has 0 aliphatic carbocycles. The van der Waals surface area contributed by atoms with Gasteiger partial charge in [-0.15, -0.1) is 13.2 Å². The predicted molar refractivity (Wildman–Crippen MR) is 136 cm³/mol. The van der Waals surface area contributed by atoms with E-state index in [0.717, 1.165) is 6.92 Å². The van der Waals surface area contributed by atoms with Gasteiger partial charge < -0.3 is 10.1 Å². The second-order valence-corrected chi connectivity index (χ2v) is 9.86. The Bertz CT molecular complexity index is 1490. The minimum Gasteiger partial charge on any atom is -0.450 e. The van der Waals surface area contributed by atoms with Gasteiger partial charge in [-0.1, -0.05) is 0 Å². The summed E-state index contributed by atoms with van der Waals surface area (Å²) in [6.07, 6.45) is -3.34. The van der Waals surface area contributed by atoms with Gasteiger partial charge in [0.25, 0.3) is 5.56 Å². The number of nitriles is 1. The Hall–Kier alpha value is -4.34. The van der Waals surface area contributed by atoms with E-state index in [0.29, 0.717) is 28.7 Å². The van der Waals surface area contributed by atoms with E-state index in [1.807, 2.05) is 6.07 Å². The lowest BCUT2D eigenvalue weighted by Crippen LogP contribution is -2.46. The fourth-order valence-corrected chi connectivity index (χ4v) is 3.97. The molecule has 3 rings (SSSR count). The number of carbonyl (C=O) groups excluding carboxylic acids is 1. The Balaban J connectivity index is 1.90. The summed E-state index contributed by atoms with van der Waals surface area (Å²) in [5.74, 6) is 0. The molecule has 39 heavy (non-hydrogen) atoms. The van der Waals surface area contributed by atoms with Gasteiger partial charge in [-0.3, -0.25) is 9.36 Å². The van der Waals surface area contributed by atoms with E-state index in [2.05, 4.69) is 10.4 Å². The highest BCUT2D eigenvalue weighted by Crippen LogP contribution is 2.27. The lowest BCUT2D eigenvalue weighted by atomic mass is 10.1. The number of hydrogen-bond donors (Lipinski definition) is 1. The molecule has 1 N–H and O–H groups in total. The van der Waals surface area contributed by atoms with Crippen molar-refractivity contribution in [2.45, 2.75) is 65.3 Å². The number of benzene rings is 1. The zero-order valence-electron chi connectivity index (χ0n) is 22.0. The van der Waals surface area contributed by atoms with Gasteiger partial charge in [-0.05, 0) is 77.3 Å². The molecule has 0 aliphatic rings. The quantitative estimate of drug-likeness (QED) is 0.422. The number of unbranched alkanes of at least 4 members (excludes halogenated alkanes) is 2. The maximum absolute atomic E-state index is 14.0. The number of ether oxygens (including phenoxy) is 1. The highest BCUT2D eigenvalue weighted by molar-refractivity contribution is 5.68. The maximum atomic E-state index is 14.0. The summed E-state index contributed by atoms with van der Waals surface area (Å²) in [6.45, 7) is 6.27. The fourth-order valence-electron chi connectivity index (χ4n) is 3.97. The van der Waals surface area contributed by atoms with E-state index in [-0.39, 0.29) is 35.4 Å². The third kappa shape index (κ3) is 6.95. The second-order valence-electron chi connectivity index (χ2n) is 9.86. The molecule has 0 radical (unpaired) electrons. The summed E-state index contributed by atoms with van der Waals surface area (Å²) in [7, 11) is 0. The fraction of sp³-hybridized carbons (Fsp3) is 0.423. The average molecular weight is 547 g/mol. The highest BCUT2D eigenvalue weighted by Gasteiger charge is 2.37. The van der Waals surface area contributed by atoms with Crippen molar-refractivity contribution in [3.63, 3.8) is 0 Å². The summed E-state index contributed by atoms with van der Waals surface area (Å²) in [5, 5.41) is 15.8. The zero-order chi connectivity index (χ0) is 29.0. The number of nitrogens with one attached hydrogen (secondary N) is 1. The summed E-state index contributed by atoms with van der Waals surface area (Å²) >= 11 is 0. The van der Waals surface area contributed by atoms with Crippen molar-refractivity contribution in [1.29, 1.82) is 5.26 Å². The Kier molecular flexibility index (Phi) is 8.68. The number of alkyl halides is 3. The normalized spacial score (nSPS) is 11.7. The molecule has 2 aromatic heterocycles. The third-order valence-corrected chi connectivity index (χ3v) is 5.71. The van der Waals surface area contributed by atoms with E-state index in [1.165, 1.54) is 29.1 Å². The van der Waals surface area contributed by atoms with Crippen LogP contribution in [0.5, 0.6) is 0 Å². The van der Waals surface area contributed by atoms with E-state index in [4.69, 9.17) is 10.00 Å². The van der Waals surface area contributed by atoms with Crippen molar-refractivity contribution >= 4 is 6.09 Å². The van der Waals surface area contributed by atoms with Crippen LogP contribution in [0, 0.1) is 18.3 Å². The summed E-state index contributed by atoms with van der Waals surface area (Å²) in [5.41, 5.74) is -2.87. The molecule has 3 aromatic rings. The van der Waals surface area contributed by atoms with Gasteiger partial charge >= 0.3 is 18.1 Å². The molecule has 208 valence electrons. The number of carbonyl (C=O) groups is 1. The van der Waals surface area contributed by atoms with Gasteiger partial charge in [-0.2, -0.15) is 10.4 Å². The van der Waals surface area contributed by atoms with E-state index < -0.39 is 34.9 Å². The number of alkyl carbamates (subject to hydrolysis) is 1. The first-order chi connectivity index (χ1) is 18.2. The van der Waals surface area contributed by atoms with Crippen LogP contribution in [0.4, 0.5) is 18.0 Å². The second kappa shape index (κ2) is 11.6. The lowest BCUT2D eigenvalue weighted by Gasteiger charge is -2.20. The molecule has 0 aliphatic heterocycles. The predicted octanol–water partition coefficient (Wildman–Crippen LogP) is 4.21. The Morgan fingerprint density at radius 3 is 2.33 bits per heavy atom.